The van der Waals surface area contributed by atoms with Gasteiger partial charge in [0.1, 0.15) is 5.72 Å². The maximum atomic E-state index is 8.63. The second-order valence-corrected chi connectivity index (χ2v) is 2.81. The summed E-state index contributed by atoms with van der Waals surface area (Å²) in [5, 5.41) is 11.7. The lowest BCUT2D eigenvalue weighted by atomic mass is 10.3. The quantitative estimate of drug-likeness (QED) is 0.513. The maximum absolute atomic E-state index is 8.63. The van der Waals surface area contributed by atoms with Crippen LogP contribution in [0.1, 0.15) is 13.8 Å². The summed E-state index contributed by atoms with van der Waals surface area (Å²) in [6.07, 6.45) is -0.0139. The molecule has 1 atom stereocenters. The van der Waals surface area contributed by atoms with Crippen molar-refractivity contribution in [1.82, 2.24) is 5.32 Å². The van der Waals surface area contributed by atoms with Crippen LogP contribution >= 0.6 is 0 Å². The van der Waals surface area contributed by atoms with Gasteiger partial charge in [0.05, 0.1) is 12.7 Å². The van der Waals surface area contributed by atoms with Crippen molar-refractivity contribution in [2.75, 3.05) is 13.2 Å². The minimum atomic E-state index is -0.243. The van der Waals surface area contributed by atoms with E-state index in [0.717, 1.165) is 6.54 Å². The first-order chi connectivity index (χ1) is 4.14. The van der Waals surface area contributed by atoms with E-state index in [0.29, 0.717) is 0 Å². The Morgan fingerprint density at radius 3 is 2.67 bits per heavy atom. The van der Waals surface area contributed by atoms with E-state index in [1.54, 1.807) is 0 Å². The van der Waals surface area contributed by atoms with Gasteiger partial charge in [-0.2, -0.15) is 0 Å². The van der Waals surface area contributed by atoms with Gasteiger partial charge in [-0.1, -0.05) is 0 Å². The molecule has 0 radical (unpaired) electrons. The third-order valence-electron chi connectivity index (χ3n) is 1.42. The van der Waals surface area contributed by atoms with E-state index < -0.39 is 0 Å². The molecule has 0 aromatic heterocycles. The average molecular weight is 131 g/mol. The Morgan fingerprint density at radius 2 is 2.44 bits per heavy atom. The van der Waals surface area contributed by atoms with Gasteiger partial charge in [-0.05, 0) is 13.8 Å². The van der Waals surface area contributed by atoms with Crippen molar-refractivity contribution in [3.8, 4) is 0 Å². The molecule has 1 heterocycles. The van der Waals surface area contributed by atoms with Gasteiger partial charge in [-0.25, -0.2) is 0 Å². The summed E-state index contributed by atoms with van der Waals surface area (Å²) in [5.74, 6) is 0. The molecule has 0 aliphatic carbocycles. The molecule has 1 saturated heterocycles. The average Bonchev–Trinajstić information content (AvgIpc) is 2.10. The highest BCUT2D eigenvalue weighted by Crippen LogP contribution is 2.14. The molecule has 1 fully saturated rings. The van der Waals surface area contributed by atoms with Gasteiger partial charge in [-0.15, -0.1) is 0 Å². The molecule has 1 rings (SSSR count). The van der Waals surface area contributed by atoms with E-state index in [4.69, 9.17) is 9.84 Å². The SMILES string of the molecule is CC1(C)NCC(CO)O1. The third-order valence-corrected chi connectivity index (χ3v) is 1.42. The number of aliphatic hydroxyl groups is 1. The fourth-order valence-corrected chi connectivity index (χ4v) is 0.961. The van der Waals surface area contributed by atoms with Crippen LogP contribution in [0.15, 0.2) is 0 Å². The van der Waals surface area contributed by atoms with E-state index in [2.05, 4.69) is 5.32 Å². The summed E-state index contributed by atoms with van der Waals surface area (Å²) in [4.78, 5) is 0. The lowest BCUT2D eigenvalue weighted by Crippen LogP contribution is -2.33. The lowest BCUT2D eigenvalue weighted by Gasteiger charge is -2.17. The molecule has 0 saturated carbocycles. The number of nitrogens with one attached hydrogen (secondary N) is 1. The van der Waals surface area contributed by atoms with Crippen LogP contribution in [0.2, 0.25) is 0 Å². The number of hydrogen-bond donors (Lipinski definition) is 2. The molecule has 1 unspecified atom stereocenters. The summed E-state index contributed by atoms with van der Waals surface area (Å²) < 4.78 is 5.34. The van der Waals surface area contributed by atoms with Crippen molar-refractivity contribution in [3.63, 3.8) is 0 Å². The molecule has 0 aromatic carbocycles. The second-order valence-electron chi connectivity index (χ2n) is 2.81. The van der Waals surface area contributed by atoms with Gasteiger partial charge in [-0.3, -0.25) is 5.32 Å². The molecule has 0 spiro atoms. The largest absolute Gasteiger partial charge is 0.394 e. The fourth-order valence-electron chi connectivity index (χ4n) is 0.961. The van der Waals surface area contributed by atoms with Crippen molar-refractivity contribution in [1.29, 1.82) is 0 Å². The molecule has 0 bridgehead atoms. The number of ether oxygens (including phenoxy) is 1. The second kappa shape index (κ2) is 2.25. The smallest absolute Gasteiger partial charge is 0.114 e. The third kappa shape index (κ3) is 1.64. The van der Waals surface area contributed by atoms with Gasteiger partial charge in [0, 0.05) is 6.54 Å². The molecule has 3 heteroatoms. The summed E-state index contributed by atoms with van der Waals surface area (Å²) in [6.45, 7) is 4.76. The van der Waals surface area contributed by atoms with Crippen molar-refractivity contribution in [2.24, 2.45) is 0 Å². The Bertz CT molecular complexity index is 103. The van der Waals surface area contributed by atoms with Gasteiger partial charge in [0.15, 0.2) is 0 Å². The topological polar surface area (TPSA) is 41.5 Å². The summed E-state index contributed by atoms with van der Waals surface area (Å²) in [7, 11) is 0. The molecule has 9 heavy (non-hydrogen) atoms. The van der Waals surface area contributed by atoms with Crippen LogP contribution in [0.25, 0.3) is 0 Å². The minimum absolute atomic E-state index is 0.0139. The van der Waals surface area contributed by atoms with E-state index in [1.807, 2.05) is 13.8 Å². The normalized spacial score (nSPS) is 33.0. The van der Waals surface area contributed by atoms with Gasteiger partial charge in [0.25, 0.3) is 0 Å². The molecule has 1 aliphatic rings. The van der Waals surface area contributed by atoms with E-state index in [9.17, 15) is 0 Å². The molecule has 0 amide bonds. The maximum Gasteiger partial charge on any atom is 0.114 e. The summed E-state index contributed by atoms with van der Waals surface area (Å²) in [6, 6.07) is 0. The standard InChI is InChI=1S/C6H13NO2/c1-6(2)7-3-5(4-8)9-6/h5,7-8H,3-4H2,1-2H3. The van der Waals surface area contributed by atoms with E-state index in [1.165, 1.54) is 0 Å². The van der Waals surface area contributed by atoms with Crippen molar-refractivity contribution in [2.45, 2.75) is 25.7 Å². The number of hydrogen-bond acceptors (Lipinski definition) is 3. The zero-order chi connectivity index (χ0) is 6.91. The Kier molecular flexibility index (Phi) is 1.75. The lowest BCUT2D eigenvalue weighted by molar-refractivity contribution is -0.0423. The Hall–Kier alpha value is -0.120. The van der Waals surface area contributed by atoms with Gasteiger partial charge in [0.2, 0.25) is 0 Å². The summed E-state index contributed by atoms with van der Waals surface area (Å²) >= 11 is 0. The molecule has 0 aromatic rings. The highest BCUT2D eigenvalue weighted by atomic mass is 16.5. The molecule has 54 valence electrons. The monoisotopic (exact) mass is 131 g/mol. The van der Waals surface area contributed by atoms with Crippen LogP contribution in [0.5, 0.6) is 0 Å². The molecular formula is C6H13NO2. The van der Waals surface area contributed by atoms with Crippen LogP contribution < -0.4 is 5.32 Å². The van der Waals surface area contributed by atoms with E-state index in [-0.39, 0.29) is 18.4 Å². The van der Waals surface area contributed by atoms with Crippen LogP contribution in [-0.4, -0.2) is 30.1 Å². The summed E-state index contributed by atoms with van der Waals surface area (Å²) in [5.41, 5.74) is -0.243. The predicted molar refractivity (Wildman–Crippen MR) is 34.0 cm³/mol. The van der Waals surface area contributed by atoms with Crippen molar-refractivity contribution >= 4 is 0 Å². The number of aliphatic hydroxyl groups excluding tert-OH is 1. The van der Waals surface area contributed by atoms with Crippen LogP contribution in [-0.2, 0) is 4.74 Å². The van der Waals surface area contributed by atoms with E-state index >= 15 is 0 Å². The highest BCUT2D eigenvalue weighted by molar-refractivity contribution is 4.78. The van der Waals surface area contributed by atoms with Gasteiger partial charge >= 0.3 is 0 Å². The molecule has 2 N–H and O–H groups in total. The van der Waals surface area contributed by atoms with Crippen LogP contribution in [0, 0.1) is 0 Å². The Labute approximate surface area is 55.0 Å². The minimum Gasteiger partial charge on any atom is -0.394 e. The Balaban J connectivity index is 2.38. The van der Waals surface area contributed by atoms with Crippen molar-refractivity contribution < 1.29 is 9.84 Å². The Morgan fingerprint density at radius 1 is 1.78 bits per heavy atom. The number of rotatable bonds is 1. The predicted octanol–water partition coefficient (Wildman–Crippen LogP) is -0.297. The molecule has 1 aliphatic heterocycles. The molecule has 3 nitrogen and oxygen atoms in total. The molecular weight excluding hydrogens is 118 g/mol. The van der Waals surface area contributed by atoms with Gasteiger partial charge < -0.3 is 9.84 Å². The van der Waals surface area contributed by atoms with Crippen LogP contribution in [0.3, 0.4) is 0 Å². The zero-order valence-electron chi connectivity index (χ0n) is 5.85. The highest BCUT2D eigenvalue weighted by Gasteiger charge is 2.29. The first kappa shape index (κ1) is 6.99. The van der Waals surface area contributed by atoms with Crippen LogP contribution in [0.4, 0.5) is 0 Å². The van der Waals surface area contributed by atoms with Crippen molar-refractivity contribution in [3.05, 3.63) is 0 Å². The zero-order valence-corrected chi connectivity index (χ0v) is 5.85. The first-order valence-corrected chi connectivity index (χ1v) is 3.18. The first-order valence-electron chi connectivity index (χ1n) is 3.18. The fraction of sp³-hybridized carbons (Fsp3) is 1.00.